The molecular formula is C15H15ClFNO. The van der Waals surface area contributed by atoms with Crippen molar-refractivity contribution in [3.05, 3.63) is 63.9 Å². The molecule has 2 nitrogen and oxygen atoms in total. The van der Waals surface area contributed by atoms with Crippen LogP contribution in [0.1, 0.15) is 16.7 Å². The van der Waals surface area contributed by atoms with Gasteiger partial charge in [-0.25, -0.2) is 4.39 Å². The number of ether oxygens (including phenoxy) is 1. The Hall–Kier alpha value is -1.58. The van der Waals surface area contributed by atoms with E-state index in [9.17, 15) is 4.39 Å². The van der Waals surface area contributed by atoms with Crippen molar-refractivity contribution in [3.63, 3.8) is 0 Å². The standard InChI is InChI=1S/C15H15ClFNO/c1-10-2-3-12(15(16)4-10)9-19-14-6-11(8-18)5-13(17)7-14/h2-7H,8-9,18H2,1H3. The molecule has 0 fully saturated rings. The van der Waals surface area contributed by atoms with E-state index in [1.54, 1.807) is 6.07 Å². The summed E-state index contributed by atoms with van der Waals surface area (Å²) in [4.78, 5) is 0. The van der Waals surface area contributed by atoms with Crippen LogP contribution in [-0.4, -0.2) is 0 Å². The summed E-state index contributed by atoms with van der Waals surface area (Å²) in [5.41, 5.74) is 8.15. The monoisotopic (exact) mass is 279 g/mol. The van der Waals surface area contributed by atoms with Crippen molar-refractivity contribution in [1.29, 1.82) is 0 Å². The molecule has 0 unspecified atom stereocenters. The highest BCUT2D eigenvalue weighted by Gasteiger charge is 2.04. The van der Waals surface area contributed by atoms with Crippen LogP contribution in [0.5, 0.6) is 5.75 Å². The van der Waals surface area contributed by atoms with E-state index in [1.165, 1.54) is 12.1 Å². The van der Waals surface area contributed by atoms with Crippen molar-refractivity contribution in [2.24, 2.45) is 5.73 Å². The van der Waals surface area contributed by atoms with Crippen molar-refractivity contribution in [2.45, 2.75) is 20.1 Å². The van der Waals surface area contributed by atoms with Crippen molar-refractivity contribution in [3.8, 4) is 5.75 Å². The molecule has 0 saturated carbocycles. The molecule has 0 radical (unpaired) electrons. The fourth-order valence-corrected chi connectivity index (χ4v) is 2.04. The van der Waals surface area contributed by atoms with Gasteiger partial charge in [-0.15, -0.1) is 0 Å². The summed E-state index contributed by atoms with van der Waals surface area (Å²) in [6.07, 6.45) is 0. The van der Waals surface area contributed by atoms with Crippen molar-refractivity contribution in [2.75, 3.05) is 0 Å². The van der Waals surface area contributed by atoms with Crippen LogP contribution in [0.2, 0.25) is 5.02 Å². The normalized spacial score (nSPS) is 10.5. The van der Waals surface area contributed by atoms with Crippen LogP contribution < -0.4 is 10.5 Å². The van der Waals surface area contributed by atoms with Crippen LogP contribution in [0.15, 0.2) is 36.4 Å². The fourth-order valence-electron chi connectivity index (χ4n) is 1.75. The zero-order valence-electron chi connectivity index (χ0n) is 10.6. The first kappa shape index (κ1) is 13.8. The minimum atomic E-state index is -0.354. The highest BCUT2D eigenvalue weighted by Crippen LogP contribution is 2.21. The lowest BCUT2D eigenvalue weighted by atomic mass is 10.1. The van der Waals surface area contributed by atoms with E-state index in [0.29, 0.717) is 22.9 Å². The molecule has 0 spiro atoms. The largest absolute Gasteiger partial charge is 0.489 e. The zero-order chi connectivity index (χ0) is 13.8. The topological polar surface area (TPSA) is 35.2 Å². The molecule has 2 aromatic rings. The molecule has 0 aliphatic rings. The molecule has 0 saturated heterocycles. The third-order valence-electron chi connectivity index (χ3n) is 2.77. The van der Waals surface area contributed by atoms with Gasteiger partial charge >= 0.3 is 0 Å². The van der Waals surface area contributed by atoms with E-state index < -0.39 is 0 Å². The van der Waals surface area contributed by atoms with E-state index in [-0.39, 0.29) is 12.4 Å². The van der Waals surface area contributed by atoms with Gasteiger partial charge in [-0.3, -0.25) is 0 Å². The Morgan fingerprint density at radius 3 is 2.68 bits per heavy atom. The van der Waals surface area contributed by atoms with Gasteiger partial charge in [0.1, 0.15) is 18.2 Å². The Bertz CT molecular complexity index is 586. The molecule has 0 aliphatic heterocycles. The smallest absolute Gasteiger partial charge is 0.127 e. The van der Waals surface area contributed by atoms with Gasteiger partial charge in [0.2, 0.25) is 0 Å². The summed E-state index contributed by atoms with van der Waals surface area (Å²) >= 11 is 6.11. The summed E-state index contributed by atoms with van der Waals surface area (Å²) in [6.45, 7) is 2.54. The molecule has 2 aromatic carbocycles. The van der Waals surface area contributed by atoms with E-state index in [1.807, 2.05) is 25.1 Å². The maximum atomic E-state index is 13.3. The predicted molar refractivity (Wildman–Crippen MR) is 74.8 cm³/mol. The number of benzene rings is 2. The van der Waals surface area contributed by atoms with Gasteiger partial charge in [0.15, 0.2) is 0 Å². The predicted octanol–water partition coefficient (Wildman–Crippen LogP) is 3.83. The van der Waals surface area contributed by atoms with Gasteiger partial charge in [-0.2, -0.15) is 0 Å². The second kappa shape index (κ2) is 6.04. The number of hydrogen-bond acceptors (Lipinski definition) is 2. The van der Waals surface area contributed by atoms with Crippen LogP contribution in [0.25, 0.3) is 0 Å². The number of nitrogens with two attached hydrogens (primary N) is 1. The van der Waals surface area contributed by atoms with Crippen molar-refractivity contribution in [1.82, 2.24) is 0 Å². The van der Waals surface area contributed by atoms with Crippen molar-refractivity contribution >= 4 is 11.6 Å². The summed E-state index contributed by atoms with van der Waals surface area (Å²) in [5.74, 6) is 0.102. The number of rotatable bonds is 4. The molecule has 19 heavy (non-hydrogen) atoms. The molecule has 2 rings (SSSR count). The van der Waals surface area contributed by atoms with Gasteiger partial charge in [-0.1, -0.05) is 23.7 Å². The minimum absolute atomic E-state index is 0.277. The molecule has 100 valence electrons. The van der Waals surface area contributed by atoms with Gasteiger partial charge in [0, 0.05) is 23.2 Å². The van der Waals surface area contributed by atoms with Crippen LogP contribution in [0, 0.1) is 12.7 Å². The van der Waals surface area contributed by atoms with Crippen LogP contribution >= 0.6 is 11.6 Å². The highest BCUT2D eigenvalue weighted by molar-refractivity contribution is 6.31. The molecule has 0 bridgehead atoms. The summed E-state index contributed by atoms with van der Waals surface area (Å²) < 4.78 is 18.9. The van der Waals surface area contributed by atoms with Crippen LogP contribution in [-0.2, 0) is 13.2 Å². The zero-order valence-corrected chi connectivity index (χ0v) is 11.4. The molecule has 0 atom stereocenters. The first-order valence-electron chi connectivity index (χ1n) is 5.96. The molecule has 0 aliphatic carbocycles. The Kier molecular flexibility index (Phi) is 4.40. The molecule has 0 aromatic heterocycles. The van der Waals surface area contributed by atoms with Gasteiger partial charge < -0.3 is 10.5 Å². The van der Waals surface area contributed by atoms with E-state index in [2.05, 4.69) is 0 Å². The Morgan fingerprint density at radius 2 is 2.00 bits per heavy atom. The lowest BCUT2D eigenvalue weighted by Crippen LogP contribution is -2.00. The first-order chi connectivity index (χ1) is 9.08. The van der Waals surface area contributed by atoms with Crippen LogP contribution in [0.3, 0.4) is 0 Å². The lowest BCUT2D eigenvalue weighted by Gasteiger charge is -2.09. The maximum absolute atomic E-state index is 13.3. The van der Waals surface area contributed by atoms with E-state index in [4.69, 9.17) is 22.1 Å². The number of hydrogen-bond donors (Lipinski definition) is 1. The lowest BCUT2D eigenvalue weighted by molar-refractivity contribution is 0.304. The summed E-state index contributed by atoms with van der Waals surface area (Å²) in [7, 11) is 0. The molecule has 4 heteroatoms. The molecule has 0 amide bonds. The average Bonchev–Trinajstić information content (AvgIpc) is 2.37. The summed E-state index contributed by atoms with van der Waals surface area (Å²) in [6, 6.07) is 10.2. The third kappa shape index (κ3) is 3.69. The molecular weight excluding hydrogens is 265 g/mol. The summed E-state index contributed by atoms with van der Waals surface area (Å²) in [5, 5.41) is 0.649. The number of aryl methyl sites for hydroxylation is 1. The second-order valence-corrected chi connectivity index (χ2v) is 4.79. The van der Waals surface area contributed by atoms with Gasteiger partial charge in [-0.05, 0) is 36.2 Å². The Balaban J connectivity index is 2.12. The quantitative estimate of drug-likeness (QED) is 0.923. The highest BCUT2D eigenvalue weighted by atomic mass is 35.5. The molecule has 0 heterocycles. The van der Waals surface area contributed by atoms with E-state index >= 15 is 0 Å². The minimum Gasteiger partial charge on any atom is -0.489 e. The second-order valence-electron chi connectivity index (χ2n) is 4.38. The van der Waals surface area contributed by atoms with Gasteiger partial charge in [0.25, 0.3) is 0 Å². The van der Waals surface area contributed by atoms with Crippen LogP contribution in [0.4, 0.5) is 4.39 Å². The fraction of sp³-hybridized carbons (Fsp3) is 0.200. The Labute approximate surface area is 117 Å². The van der Waals surface area contributed by atoms with Crippen molar-refractivity contribution < 1.29 is 9.13 Å². The van der Waals surface area contributed by atoms with E-state index in [0.717, 1.165) is 11.1 Å². The molecule has 2 N–H and O–H groups in total. The Morgan fingerprint density at radius 1 is 1.21 bits per heavy atom. The number of halogens is 2. The first-order valence-corrected chi connectivity index (χ1v) is 6.33. The maximum Gasteiger partial charge on any atom is 0.127 e. The average molecular weight is 280 g/mol. The SMILES string of the molecule is Cc1ccc(COc2cc(F)cc(CN)c2)c(Cl)c1. The third-order valence-corrected chi connectivity index (χ3v) is 3.12. The van der Waals surface area contributed by atoms with Gasteiger partial charge in [0.05, 0.1) is 0 Å².